The topological polar surface area (TPSA) is 68.3 Å². The molecule has 8 heteroatoms. The van der Waals surface area contributed by atoms with Crippen molar-refractivity contribution in [1.29, 1.82) is 0 Å². The Balaban J connectivity index is 1.53. The lowest BCUT2D eigenvalue weighted by atomic mass is 9.70. The Labute approximate surface area is 192 Å². The Kier molecular flexibility index (Phi) is 4.76. The maximum absolute atomic E-state index is 13.3. The highest BCUT2D eigenvalue weighted by molar-refractivity contribution is 7.95. The highest BCUT2D eigenvalue weighted by Crippen LogP contribution is 2.70. The molecule has 0 bridgehead atoms. The molecule has 2 aromatic rings. The van der Waals surface area contributed by atoms with Gasteiger partial charge in [-0.15, -0.1) is 0 Å². The lowest BCUT2D eigenvalue weighted by Gasteiger charge is -2.32. The Bertz CT molecular complexity index is 1240. The molecule has 162 valence electrons. The van der Waals surface area contributed by atoms with Gasteiger partial charge in [0.05, 0.1) is 9.79 Å². The van der Waals surface area contributed by atoms with Crippen molar-refractivity contribution < 1.29 is 16.8 Å². The predicted molar refractivity (Wildman–Crippen MR) is 121 cm³/mol. The molecule has 0 aliphatic heterocycles. The van der Waals surface area contributed by atoms with Gasteiger partial charge < -0.3 is 0 Å². The van der Waals surface area contributed by atoms with Crippen LogP contribution in [0.5, 0.6) is 0 Å². The van der Waals surface area contributed by atoms with Crippen LogP contribution in [0.4, 0.5) is 0 Å². The first-order valence-corrected chi connectivity index (χ1v) is 13.8. The number of allylic oxidation sites excluding steroid dienone is 4. The van der Waals surface area contributed by atoms with Crippen LogP contribution >= 0.6 is 23.2 Å². The molecule has 5 rings (SSSR count). The van der Waals surface area contributed by atoms with Crippen molar-refractivity contribution >= 4 is 42.9 Å². The maximum Gasteiger partial charge on any atom is 0.202 e. The van der Waals surface area contributed by atoms with E-state index in [0.29, 0.717) is 32.7 Å². The third-order valence-electron chi connectivity index (χ3n) is 7.03. The zero-order chi connectivity index (χ0) is 22.1. The van der Waals surface area contributed by atoms with E-state index in [2.05, 4.69) is 0 Å². The van der Waals surface area contributed by atoms with E-state index >= 15 is 0 Å². The van der Waals surface area contributed by atoms with E-state index in [1.54, 1.807) is 24.3 Å². The molecule has 4 nitrogen and oxygen atoms in total. The van der Waals surface area contributed by atoms with E-state index in [1.165, 1.54) is 24.3 Å². The van der Waals surface area contributed by atoms with Crippen molar-refractivity contribution in [2.75, 3.05) is 0 Å². The Morgan fingerprint density at radius 3 is 1.32 bits per heavy atom. The summed E-state index contributed by atoms with van der Waals surface area (Å²) in [4.78, 5) is 1.20. The van der Waals surface area contributed by atoms with Crippen LogP contribution < -0.4 is 0 Å². The highest BCUT2D eigenvalue weighted by atomic mass is 35.5. The maximum atomic E-state index is 13.3. The molecule has 0 N–H and O–H groups in total. The van der Waals surface area contributed by atoms with Crippen molar-refractivity contribution in [3.63, 3.8) is 0 Å². The number of rotatable bonds is 4. The van der Waals surface area contributed by atoms with Crippen molar-refractivity contribution in [2.24, 2.45) is 10.8 Å². The average Bonchev–Trinajstić information content (AvgIpc) is 3.29. The molecule has 0 radical (unpaired) electrons. The molecule has 3 aliphatic rings. The number of halogens is 2. The predicted octanol–water partition coefficient (Wildman–Crippen LogP) is 5.97. The number of hydrogen-bond donors (Lipinski definition) is 0. The van der Waals surface area contributed by atoms with Crippen LogP contribution in [0.15, 0.2) is 80.3 Å². The minimum atomic E-state index is -3.65. The van der Waals surface area contributed by atoms with Crippen LogP contribution in [0, 0.1) is 10.8 Å². The third kappa shape index (κ3) is 3.14. The first kappa shape index (κ1) is 21.3. The molecule has 2 atom stereocenters. The summed E-state index contributed by atoms with van der Waals surface area (Å²) in [5, 5.41) is 0.954. The van der Waals surface area contributed by atoms with E-state index in [-0.39, 0.29) is 9.79 Å². The van der Waals surface area contributed by atoms with Crippen LogP contribution in [0.25, 0.3) is 0 Å². The molecule has 31 heavy (non-hydrogen) atoms. The molecule has 0 aromatic heterocycles. The highest BCUT2D eigenvalue weighted by Gasteiger charge is 2.62. The first-order chi connectivity index (χ1) is 14.6. The first-order valence-electron chi connectivity index (χ1n) is 10.0. The van der Waals surface area contributed by atoms with Gasteiger partial charge in [0.15, 0.2) is 0 Å². The molecule has 2 aromatic carbocycles. The normalized spacial score (nSPS) is 27.5. The summed E-state index contributed by atoms with van der Waals surface area (Å²) in [6.45, 7) is 0. The lowest BCUT2D eigenvalue weighted by molar-refractivity contribution is 0.230. The Hall–Kier alpha value is -1.60. The van der Waals surface area contributed by atoms with Crippen LogP contribution in [-0.4, -0.2) is 16.8 Å². The largest absolute Gasteiger partial charge is 0.219 e. The molecular weight excluding hydrogens is 475 g/mol. The smallest absolute Gasteiger partial charge is 0.202 e. The van der Waals surface area contributed by atoms with Gasteiger partial charge in [-0.2, -0.15) is 0 Å². The molecular formula is C23H20Cl2O4S2. The lowest BCUT2D eigenvalue weighted by Crippen LogP contribution is -2.26. The summed E-state index contributed by atoms with van der Waals surface area (Å²) in [5.74, 6) is 0. The monoisotopic (exact) mass is 494 g/mol. The van der Waals surface area contributed by atoms with Gasteiger partial charge in [0.2, 0.25) is 19.7 Å². The van der Waals surface area contributed by atoms with Crippen LogP contribution in [0.1, 0.15) is 32.1 Å². The number of sulfone groups is 2. The fourth-order valence-electron chi connectivity index (χ4n) is 5.50. The summed E-state index contributed by atoms with van der Waals surface area (Å²) < 4.78 is 53.1. The summed E-state index contributed by atoms with van der Waals surface area (Å²) in [6, 6.07) is 12.3. The van der Waals surface area contributed by atoms with Gasteiger partial charge in [0.25, 0.3) is 0 Å². The van der Waals surface area contributed by atoms with Crippen molar-refractivity contribution in [1.82, 2.24) is 0 Å². The molecule has 0 amide bonds. The van der Waals surface area contributed by atoms with Crippen molar-refractivity contribution in [2.45, 2.75) is 41.9 Å². The Morgan fingerprint density at radius 1 is 0.613 bits per heavy atom. The van der Waals surface area contributed by atoms with Gasteiger partial charge in [-0.05, 0) is 74.2 Å². The van der Waals surface area contributed by atoms with Crippen LogP contribution in [0.2, 0.25) is 10.0 Å². The van der Waals surface area contributed by atoms with E-state index < -0.39 is 30.5 Å². The van der Waals surface area contributed by atoms with Gasteiger partial charge in [-0.3, -0.25) is 0 Å². The minimum Gasteiger partial charge on any atom is -0.219 e. The summed E-state index contributed by atoms with van der Waals surface area (Å²) in [5.41, 5.74) is -0.923. The summed E-state index contributed by atoms with van der Waals surface area (Å²) >= 11 is 11.8. The van der Waals surface area contributed by atoms with Gasteiger partial charge in [0, 0.05) is 30.7 Å². The quantitative estimate of drug-likeness (QED) is 0.524. The van der Waals surface area contributed by atoms with Gasteiger partial charge in [0.1, 0.15) is 0 Å². The molecule has 3 aliphatic carbocycles. The minimum absolute atomic E-state index is 0.215. The molecule has 2 unspecified atom stereocenters. The molecule has 0 spiro atoms. The molecule has 0 saturated heterocycles. The van der Waals surface area contributed by atoms with Crippen molar-refractivity contribution in [3.05, 3.63) is 80.5 Å². The van der Waals surface area contributed by atoms with Crippen LogP contribution in [-0.2, 0) is 19.7 Å². The zero-order valence-corrected chi connectivity index (χ0v) is 19.7. The fraction of sp³-hybridized carbons (Fsp3) is 0.304. The fourth-order valence-corrected chi connectivity index (χ4v) is 9.00. The average molecular weight is 495 g/mol. The van der Waals surface area contributed by atoms with Gasteiger partial charge in [-0.25, -0.2) is 16.8 Å². The summed E-state index contributed by atoms with van der Waals surface area (Å²) in [6.07, 6.45) is 6.88. The zero-order valence-electron chi connectivity index (χ0n) is 16.5. The standard InChI is InChI=1S/C23H20Cl2O4S2/c24-16-2-6-18(7-3-16)30(26,27)20-12-22-10-1-11-23(22,13-20)15-21(14-22)31(28,29)19-8-4-17(25)5-9-19/h2-9,12,15H,1,10-11,13-14H2. The van der Waals surface area contributed by atoms with E-state index in [1.807, 2.05) is 12.2 Å². The molecule has 0 heterocycles. The summed E-state index contributed by atoms with van der Waals surface area (Å²) in [7, 11) is -7.30. The van der Waals surface area contributed by atoms with E-state index in [0.717, 1.165) is 19.3 Å². The number of hydrogen-bond acceptors (Lipinski definition) is 4. The van der Waals surface area contributed by atoms with Crippen LogP contribution in [0.3, 0.4) is 0 Å². The molecule has 1 saturated carbocycles. The SMILES string of the molecule is O=S(=O)(C1=CC23CCCC2(C=C(S(=O)(=O)c2ccc(Cl)cc2)C3)C1)c1ccc(Cl)cc1. The van der Waals surface area contributed by atoms with E-state index in [9.17, 15) is 16.8 Å². The van der Waals surface area contributed by atoms with Gasteiger partial charge >= 0.3 is 0 Å². The number of benzene rings is 2. The van der Waals surface area contributed by atoms with Gasteiger partial charge in [-0.1, -0.05) is 41.8 Å². The second-order valence-corrected chi connectivity index (χ2v) is 13.5. The second kappa shape index (κ2) is 6.95. The second-order valence-electron chi connectivity index (χ2n) is 8.66. The third-order valence-corrected chi connectivity index (χ3v) is 11.2. The Morgan fingerprint density at radius 2 is 0.968 bits per heavy atom. The van der Waals surface area contributed by atoms with Crippen molar-refractivity contribution in [3.8, 4) is 0 Å². The van der Waals surface area contributed by atoms with E-state index in [4.69, 9.17) is 23.2 Å². The molecule has 1 fully saturated rings.